The van der Waals surface area contributed by atoms with E-state index in [0.29, 0.717) is 33.8 Å². The molecule has 2 amide bonds. The number of carbonyl (C=O) groups is 2. The SMILES string of the molecule is COc1ccc(OC)c(NC(=O)c2oc3ccccc3c2NC(=O)Cc2cccc(C)c2)c1. The summed E-state index contributed by atoms with van der Waals surface area (Å²) in [6.45, 7) is 1.97. The van der Waals surface area contributed by atoms with Crippen LogP contribution in [0.25, 0.3) is 11.0 Å². The van der Waals surface area contributed by atoms with Crippen molar-refractivity contribution in [2.24, 2.45) is 0 Å². The molecule has 7 nitrogen and oxygen atoms in total. The molecule has 0 spiro atoms. The monoisotopic (exact) mass is 444 g/mol. The first kappa shape index (κ1) is 22.0. The summed E-state index contributed by atoms with van der Waals surface area (Å²) in [7, 11) is 3.05. The van der Waals surface area contributed by atoms with Gasteiger partial charge < -0.3 is 24.5 Å². The highest BCUT2D eigenvalue weighted by Crippen LogP contribution is 2.34. The van der Waals surface area contributed by atoms with Crippen molar-refractivity contribution < 1.29 is 23.5 Å². The molecule has 3 aromatic carbocycles. The minimum absolute atomic E-state index is 0.00124. The van der Waals surface area contributed by atoms with Gasteiger partial charge in [-0.15, -0.1) is 0 Å². The molecule has 2 N–H and O–H groups in total. The number of ether oxygens (including phenoxy) is 2. The van der Waals surface area contributed by atoms with E-state index in [1.54, 1.807) is 36.4 Å². The number of nitrogens with one attached hydrogen (secondary N) is 2. The molecule has 168 valence electrons. The molecule has 4 aromatic rings. The van der Waals surface area contributed by atoms with Crippen molar-refractivity contribution in [3.63, 3.8) is 0 Å². The van der Waals surface area contributed by atoms with Crippen LogP contribution in [0.15, 0.2) is 71.1 Å². The third kappa shape index (κ3) is 4.82. The minimum atomic E-state index is -0.524. The zero-order valence-corrected chi connectivity index (χ0v) is 18.6. The molecule has 0 bridgehead atoms. The van der Waals surface area contributed by atoms with E-state index in [2.05, 4.69) is 10.6 Å². The maximum atomic E-state index is 13.2. The molecule has 0 aliphatic heterocycles. The lowest BCUT2D eigenvalue weighted by atomic mass is 10.1. The van der Waals surface area contributed by atoms with Gasteiger partial charge in [0.05, 0.1) is 26.3 Å². The number of amides is 2. The van der Waals surface area contributed by atoms with Crippen LogP contribution in [0.4, 0.5) is 11.4 Å². The van der Waals surface area contributed by atoms with Crippen molar-refractivity contribution in [3.8, 4) is 11.5 Å². The third-order valence-corrected chi connectivity index (χ3v) is 5.17. The van der Waals surface area contributed by atoms with Crippen molar-refractivity contribution in [1.82, 2.24) is 0 Å². The van der Waals surface area contributed by atoms with Gasteiger partial charge in [0.2, 0.25) is 11.7 Å². The number of hydrogen-bond acceptors (Lipinski definition) is 5. The average molecular weight is 444 g/mol. The van der Waals surface area contributed by atoms with Crippen LogP contribution in [0.1, 0.15) is 21.7 Å². The normalized spacial score (nSPS) is 10.6. The number of carbonyl (C=O) groups excluding carboxylic acids is 2. The molecule has 0 unspecified atom stereocenters. The Labute approximate surface area is 191 Å². The smallest absolute Gasteiger partial charge is 0.293 e. The zero-order valence-electron chi connectivity index (χ0n) is 18.6. The molecular weight excluding hydrogens is 420 g/mol. The molecule has 7 heteroatoms. The molecule has 0 saturated heterocycles. The van der Waals surface area contributed by atoms with Crippen LogP contribution in [0.5, 0.6) is 11.5 Å². The van der Waals surface area contributed by atoms with Crippen LogP contribution in [-0.4, -0.2) is 26.0 Å². The number of methoxy groups -OCH3 is 2. The maximum Gasteiger partial charge on any atom is 0.293 e. The van der Waals surface area contributed by atoms with Gasteiger partial charge in [-0.05, 0) is 36.8 Å². The summed E-state index contributed by atoms with van der Waals surface area (Å²) in [6.07, 6.45) is 0.173. The van der Waals surface area contributed by atoms with Gasteiger partial charge in [0.25, 0.3) is 5.91 Å². The Morgan fingerprint density at radius 1 is 0.909 bits per heavy atom. The molecule has 0 fully saturated rings. The summed E-state index contributed by atoms with van der Waals surface area (Å²) >= 11 is 0. The van der Waals surface area contributed by atoms with Gasteiger partial charge in [0.15, 0.2) is 0 Å². The average Bonchev–Trinajstić information content (AvgIpc) is 3.17. The third-order valence-electron chi connectivity index (χ3n) is 5.17. The number of benzene rings is 3. The van der Waals surface area contributed by atoms with Gasteiger partial charge in [0.1, 0.15) is 22.8 Å². The van der Waals surface area contributed by atoms with Crippen LogP contribution in [-0.2, 0) is 11.2 Å². The van der Waals surface area contributed by atoms with Gasteiger partial charge in [-0.2, -0.15) is 0 Å². The first-order chi connectivity index (χ1) is 16.0. The molecule has 4 rings (SSSR count). The molecular formula is C26H24N2O5. The summed E-state index contributed by atoms with van der Waals surface area (Å²) in [6, 6.07) is 20.0. The van der Waals surface area contributed by atoms with Gasteiger partial charge in [-0.3, -0.25) is 9.59 Å². The van der Waals surface area contributed by atoms with E-state index in [4.69, 9.17) is 13.9 Å². The fourth-order valence-corrected chi connectivity index (χ4v) is 3.61. The van der Waals surface area contributed by atoms with Crippen LogP contribution in [0.3, 0.4) is 0 Å². The van der Waals surface area contributed by atoms with E-state index in [1.165, 1.54) is 14.2 Å². The predicted molar refractivity (Wildman–Crippen MR) is 127 cm³/mol. The van der Waals surface area contributed by atoms with Crippen molar-refractivity contribution in [1.29, 1.82) is 0 Å². The molecule has 0 radical (unpaired) electrons. The summed E-state index contributed by atoms with van der Waals surface area (Å²) in [5.41, 5.74) is 3.18. The highest BCUT2D eigenvalue weighted by molar-refractivity contribution is 6.15. The number of furan rings is 1. The molecule has 1 heterocycles. The fourth-order valence-electron chi connectivity index (χ4n) is 3.61. The molecule has 0 saturated carbocycles. The fraction of sp³-hybridized carbons (Fsp3) is 0.154. The lowest BCUT2D eigenvalue weighted by Crippen LogP contribution is -2.18. The number of anilines is 2. The minimum Gasteiger partial charge on any atom is -0.497 e. The van der Waals surface area contributed by atoms with Gasteiger partial charge >= 0.3 is 0 Å². The molecule has 1 aromatic heterocycles. The number of hydrogen-bond donors (Lipinski definition) is 2. The quantitative estimate of drug-likeness (QED) is 0.409. The van der Waals surface area contributed by atoms with Gasteiger partial charge in [-0.1, -0.05) is 42.0 Å². The Bertz CT molecular complexity index is 1330. The van der Waals surface area contributed by atoms with Crippen molar-refractivity contribution >= 4 is 34.2 Å². The van der Waals surface area contributed by atoms with Crippen LogP contribution < -0.4 is 20.1 Å². The Morgan fingerprint density at radius 2 is 1.73 bits per heavy atom. The standard InChI is InChI=1S/C26H24N2O5/c1-16-7-6-8-17(13-16)14-23(29)28-24-19-9-4-5-10-21(19)33-25(24)26(30)27-20-15-18(31-2)11-12-22(20)32-3/h4-13,15H,14H2,1-3H3,(H,27,30)(H,28,29). The van der Waals surface area contributed by atoms with E-state index >= 15 is 0 Å². The number of fused-ring (bicyclic) bond motifs is 1. The van der Waals surface area contributed by atoms with Crippen LogP contribution in [0, 0.1) is 6.92 Å². The van der Waals surface area contributed by atoms with Crippen molar-refractivity contribution in [2.75, 3.05) is 24.9 Å². The zero-order chi connectivity index (χ0) is 23.4. The molecule has 33 heavy (non-hydrogen) atoms. The summed E-state index contributed by atoms with van der Waals surface area (Å²) < 4.78 is 16.4. The second-order valence-electron chi connectivity index (χ2n) is 7.54. The first-order valence-corrected chi connectivity index (χ1v) is 10.4. The highest BCUT2D eigenvalue weighted by Gasteiger charge is 2.23. The lowest BCUT2D eigenvalue weighted by Gasteiger charge is -2.12. The predicted octanol–water partition coefficient (Wildman–Crippen LogP) is 5.19. The first-order valence-electron chi connectivity index (χ1n) is 10.4. The second-order valence-corrected chi connectivity index (χ2v) is 7.54. The van der Waals surface area contributed by atoms with E-state index < -0.39 is 5.91 Å². The van der Waals surface area contributed by atoms with Crippen LogP contribution in [0.2, 0.25) is 0 Å². The Morgan fingerprint density at radius 3 is 2.48 bits per heavy atom. The number of para-hydroxylation sites is 1. The molecule has 0 aliphatic rings. The van der Waals surface area contributed by atoms with Crippen molar-refractivity contribution in [3.05, 3.63) is 83.6 Å². The molecule has 0 aliphatic carbocycles. The Kier molecular flexibility index (Phi) is 6.31. The highest BCUT2D eigenvalue weighted by atomic mass is 16.5. The topological polar surface area (TPSA) is 89.8 Å². The van der Waals surface area contributed by atoms with Crippen LogP contribution >= 0.6 is 0 Å². The van der Waals surface area contributed by atoms with E-state index in [9.17, 15) is 9.59 Å². The van der Waals surface area contributed by atoms with E-state index in [1.807, 2.05) is 37.3 Å². The summed E-state index contributed by atoms with van der Waals surface area (Å²) in [4.78, 5) is 26.0. The van der Waals surface area contributed by atoms with E-state index in [-0.39, 0.29) is 18.1 Å². The lowest BCUT2D eigenvalue weighted by molar-refractivity contribution is -0.115. The largest absolute Gasteiger partial charge is 0.497 e. The van der Waals surface area contributed by atoms with Gasteiger partial charge in [-0.25, -0.2) is 0 Å². The van der Waals surface area contributed by atoms with E-state index in [0.717, 1.165) is 11.1 Å². The number of rotatable bonds is 7. The second kappa shape index (κ2) is 9.48. The Hall–Kier alpha value is -4.26. The Balaban J connectivity index is 1.65. The van der Waals surface area contributed by atoms with Gasteiger partial charge in [0, 0.05) is 11.5 Å². The molecule has 0 atom stereocenters. The summed E-state index contributed by atoms with van der Waals surface area (Å²) in [5, 5.41) is 6.30. The summed E-state index contributed by atoms with van der Waals surface area (Å²) in [5.74, 6) is 0.245. The number of aryl methyl sites for hydroxylation is 1. The van der Waals surface area contributed by atoms with Crippen molar-refractivity contribution in [2.45, 2.75) is 13.3 Å². The maximum absolute atomic E-state index is 13.2.